The Labute approximate surface area is 188 Å². The number of aryl methyl sites for hydroxylation is 1. The number of hydrogen-bond donors (Lipinski definition) is 1. The summed E-state index contributed by atoms with van der Waals surface area (Å²) in [5.41, 5.74) is 4.53. The second-order valence-corrected chi connectivity index (χ2v) is 8.09. The first kappa shape index (κ1) is 21.6. The second-order valence-electron chi connectivity index (χ2n) is 8.09. The summed E-state index contributed by atoms with van der Waals surface area (Å²) in [6.45, 7) is 3.05. The SMILES string of the molecule is COc1ncccc1C(=O)N1CCCC(C(=O)Nc2cccc(-c3cccc(C)c3)c2)C1. The standard InChI is InChI=1S/C26H27N3O3/c1-18-7-3-8-19(15-18)20-9-4-11-22(16-20)28-24(30)21-10-6-14-29(17-21)26(31)23-12-5-13-27-25(23)32-2/h3-5,7-9,11-13,15-16,21H,6,10,14,17H2,1-2H3,(H,28,30). The number of pyridine rings is 1. The van der Waals surface area contributed by atoms with Crippen LogP contribution in [-0.4, -0.2) is 41.9 Å². The molecule has 2 aromatic carbocycles. The molecule has 1 unspecified atom stereocenters. The van der Waals surface area contributed by atoms with Crippen LogP contribution in [-0.2, 0) is 4.79 Å². The third kappa shape index (κ3) is 4.80. The molecule has 1 fully saturated rings. The van der Waals surface area contributed by atoms with Crippen molar-refractivity contribution in [3.05, 3.63) is 78.0 Å². The highest BCUT2D eigenvalue weighted by Gasteiger charge is 2.30. The Bertz CT molecular complexity index is 1130. The van der Waals surface area contributed by atoms with Crippen LogP contribution in [0, 0.1) is 12.8 Å². The Morgan fingerprint density at radius 2 is 1.84 bits per heavy atom. The third-order valence-corrected chi connectivity index (χ3v) is 5.76. The van der Waals surface area contributed by atoms with Gasteiger partial charge in [0.05, 0.1) is 13.0 Å². The van der Waals surface area contributed by atoms with Gasteiger partial charge in [-0.25, -0.2) is 4.98 Å². The molecule has 6 heteroatoms. The number of benzene rings is 2. The van der Waals surface area contributed by atoms with Gasteiger partial charge in [-0.1, -0.05) is 42.0 Å². The zero-order valence-electron chi connectivity index (χ0n) is 18.4. The molecular weight excluding hydrogens is 402 g/mol. The van der Waals surface area contributed by atoms with Gasteiger partial charge < -0.3 is 15.0 Å². The van der Waals surface area contributed by atoms with Crippen LogP contribution in [0.15, 0.2) is 66.9 Å². The summed E-state index contributed by atoms with van der Waals surface area (Å²) in [4.78, 5) is 31.9. The van der Waals surface area contributed by atoms with E-state index < -0.39 is 0 Å². The van der Waals surface area contributed by atoms with E-state index in [1.807, 2.05) is 30.3 Å². The number of nitrogens with one attached hydrogen (secondary N) is 1. The molecule has 32 heavy (non-hydrogen) atoms. The van der Waals surface area contributed by atoms with Crippen LogP contribution < -0.4 is 10.1 Å². The van der Waals surface area contributed by atoms with Crippen molar-refractivity contribution in [2.45, 2.75) is 19.8 Å². The first-order valence-electron chi connectivity index (χ1n) is 10.8. The molecule has 1 atom stereocenters. The molecule has 0 aliphatic carbocycles. The van der Waals surface area contributed by atoms with E-state index in [9.17, 15) is 9.59 Å². The molecule has 0 spiro atoms. The van der Waals surface area contributed by atoms with E-state index in [1.54, 1.807) is 23.2 Å². The van der Waals surface area contributed by atoms with Crippen molar-refractivity contribution in [3.8, 4) is 17.0 Å². The van der Waals surface area contributed by atoms with E-state index in [2.05, 4.69) is 35.4 Å². The van der Waals surface area contributed by atoms with Crippen molar-refractivity contribution in [2.24, 2.45) is 5.92 Å². The second kappa shape index (κ2) is 9.64. The highest BCUT2D eigenvalue weighted by atomic mass is 16.5. The van der Waals surface area contributed by atoms with Crippen molar-refractivity contribution in [1.82, 2.24) is 9.88 Å². The van der Waals surface area contributed by atoms with Crippen LogP contribution >= 0.6 is 0 Å². The largest absolute Gasteiger partial charge is 0.480 e. The predicted molar refractivity (Wildman–Crippen MR) is 125 cm³/mol. The molecule has 2 heterocycles. The normalized spacial score (nSPS) is 15.8. The lowest BCUT2D eigenvalue weighted by atomic mass is 9.96. The molecule has 3 aromatic rings. The lowest BCUT2D eigenvalue weighted by molar-refractivity contribution is -0.121. The van der Waals surface area contributed by atoms with Crippen LogP contribution in [0.2, 0.25) is 0 Å². The smallest absolute Gasteiger partial charge is 0.259 e. The van der Waals surface area contributed by atoms with Crippen molar-refractivity contribution in [2.75, 3.05) is 25.5 Å². The van der Waals surface area contributed by atoms with E-state index in [0.29, 0.717) is 24.5 Å². The molecule has 1 aromatic heterocycles. The number of ether oxygens (including phenoxy) is 1. The lowest BCUT2D eigenvalue weighted by Crippen LogP contribution is -2.43. The van der Waals surface area contributed by atoms with Gasteiger partial charge in [-0.05, 0) is 55.2 Å². The maximum atomic E-state index is 13.0. The summed E-state index contributed by atoms with van der Waals surface area (Å²) < 4.78 is 5.23. The van der Waals surface area contributed by atoms with Crippen LogP contribution in [0.4, 0.5) is 5.69 Å². The number of piperidine rings is 1. The Kier molecular flexibility index (Phi) is 6.50. The van der Waals surface area contributed by atoms with E-state index in [-0.39, 0.29) is 17.7 Å². The summed E-state index contributed by atoms with van der Waals surface area (Å²) >= 11 is 0. The Hall–Kier alpha value is -3.67. The monoisotopic (exact) mass is 429 g/mol. The minimum atomic E-state index is -0.266. The molecule has 4 rings (SSSR count). The Balaban J connectivity index is 1.45. The fourth-order valence-electron chi connectivity index (χ4n) is 4.11. The van der Waals surface area contributed by atoms with Crippen LogP contribution in [0.5, 0.6) is 5.88 Å². The third-order valence-electron chi connectivity index (χ3n) is 5.76. The number of amides is 2. The number of nitrogens with zero attached hydrogens (tertiary/aromatic N) is 2. The highest BCUT2D eigenvalue weighted by Crippen LogP contribution is 2.26. The summed E-state index contributed by atoms with van der Waals surface area (Å²) in [6, 6.07) is 19.5. The molecule has 1 aliphatic rings. The number of carbonyl (C=O) groups is 2. The molecule has 0 saturated carbocycles. The number of methoxy groups -OCH3 is 1. The zero-order valence-corrected chi connectivity index (χ0v) is 18.4. The van der Waals surface area contributed by atoms with Crippen molar-refractivity contribution >= 4 is 17.5 Å². The minimum absolute atomic E-state index is 0.0676. The number of hydrogen-bond acceptors (Lipinski definition) is 4. The Morgan fingerprint density at radius 3 is 2.62 bits per heavy atom. The van der Waals surface area contributed by atoms with E-state index in [4.69, 9.17) is 4.74 Å². The Morgan fingerprint density at radius 1 is 1.06 bits per heavy atom. The van der Waals surface area contributed by atoms with Crippen molar-refractivity contribution < 1.29 is 14.3 Å². The van der Waals surface area contributed by atoms with Gasteiger partial charge in [0.1, 0.15) is 5.56 Å². The van der Waals surface area contributed by atoms with Gasteiger partial charge in [-0.3, -0.25) is 9.59 Å². The molecule has 6 nitrogen and oxygen atoms in total. The number of aromatic nitrogens is 1. The first-order valence-corrected chi connectivity index (χ1v) is 10.8. The lowest BCUT2D eigenvalue weighted by Gasteiger charge is -2.32. The molecule has 164 valence electrons. The number of anilines is 1. The van der Waals surface area contributed by atoms with Crippen molar-refractivity contribution in [3.63, 3.8) is 0 Å². The fourth-order valence-corrected chi connectivity index (χ4v) is 4.11. The minimum Gasteiger partial charge on any atom is -0.480 e. The molecule has 2 amide bonds. The van der Waals surface area contributed by atoms with Crippen LogP contribution in [0.25, 0.3) is 11.1 Å². The maximum absolute atomic E-state index is 13.0. The first-order chi connectivity index (χ1) is 15.5. The van der Waals surface area contributed by atoms with Gasteiger partial charge >= 0.3 is 0 Å². The average Bonchev–Trinajstić information content (AvgIpc) is 2.84. The van der Waals surface area contributed by atoms with Gasteiger partial charge in [0.25, 0.3) is 5.91 Å². The van der Waals surface area contributed by atoms with E-state index in [0.717, 1.165) is 29.7 Å². The van der Waals surface area contributed by atoms with Crippen LogP contribution in [0.1, 0.15) is 28.8 Å². The van der Waals surface area contributed by atoms with Crippen molar-refractivity contribution in [1.29, 1.82) is 0 Å². The molecule has 1 saturated heterocycles. The number of carbonyl (C=O) groups excluding carboxylic acids is 2. The number of likely N-dealkylation sites (tertiary alicyclic amines) is 1. The summed E-state index contributed by atoms with van der Waals surface area (Å²) in [6.07, 6.45) is 3.11. The number of rotatable bonds is 5. The fraction of sp³-hybridized carbons (Fsp3) is 0.269. The van der Waals surface area contributed by atoms with E-state index in [1.165, 1.54) is 12.7 Å². The molecule has 1 aliphatic heterocycles. The average molecular weight is 430 g/mol. The molecule has 0 bridgehead atoms. The van der Waals surface area contributed by atoms with E-state index >= 15 is 0 Å². The topological polar surface area (TPSA) is 71.5 Å². The zero-order chi connectivity index (χ0) is 22.5. The van der Waals surface area contributed by atoms with Gasteiger partial charge in [-0.2, -0.15) is 0 Å². The van der Waals surface area contributed by atoms with Gasteiger partial charge in [-0.15, -0.1) is 0 Å². The van der Waals surface area contributed by atoms with Gasteiger partial charge in [0.15, 0.2) is 0 Å². The van der Waals surface area contributed by atoms with Gasteiger partial charge in [0.2, 0.25) is 11.8 Å². The summed E-state index contributed by atoms with van der Waals surface area (Å²) in [5.74, 6) is -0.189. The van der Waals surface area contributed by atoms with Gasteiger partial charge in [0, 0.05) is 25.0 Å². The highest BCUT2D eigenvalue weighted by molar-refractivity contribution is 5.98. The molecule has 1 N–H and O–H groups in total. The summed E-state index contributed by atoms with van der Waals surface area (Å²) in [5, 5.41) is 3.04. The quantitative estimate of drug-likeness (QED) is 0.646. The maximum Gasteiger partial charge on any atom is 0.259 e. The predicted octanol–water partition coefficient (Wildman–Crippen LogP) is 4.56. The molecule has 0 radical (unpaired) electrons. The summed E-state index contributed by atoms with van der Waals surface area (Å²) in [7, 11) is 1.50. The molecular formula is C26H27N3O3. The van der Waals surface area contributed by atoms with Crippen LogP contribution in [0.3, 0.4) is 0 Å².